The third-order valence-corrected chi connectivity index (χ3v) is 4.84. The molecule has 0 spiro atoms. The highest BCUT2D eigenvalue weighted by molar-refractivity contribution is 6.24. The number of para-hydroxylation sites is 1. The van der Waals surface area contributed by atoms with Crippen LogP contribution in [-0.4, -0.2) is 11.5 Å². The molecule has 0 radical (unpaired) electrons. The molecular formula is C24H23NO3. The molecule has 4 nitrogen and oxygen atoms in total. The van der Waals surface area contributed by atoms with Crippen LogP contribution in [0.2, 0.25) is 0 Å². The minimum Gasteiger partial charge on any atom is -0.487 e. The summed E-state index contributed by atoms with van der Waals surface area (Å²) in [6.07, 6.45) is 4.07. The molecule has 1 amide bonds. The summed E-state index contributed by atoms with van der Waals surface area (Å²) in [6.45, 7) is 4.08. The Kier molecular flexibility index (Phi) is 4.78. The molecule has 0 unspecified atom stereocenters. The van der Waals surface area contributed by atoms with Crippen molar-refractivity contribution >= 4 is 17.6 Å². The Balaban J connectivity index is 1.67. The number of fused-ring (bicyclic) bond motifs is 1. The zero-order valence-corrected chi connectivity index (χ0v) is 16.0. The van der Waals surface area contributed by atoms with E-state index in [4.69, 9.17) is 9.15 Å². The number of ether oxygens (including phenoxy) is 1. The summed E-state index contributed by atoms with van der Waals surface area (Å²) in [5, 5.41) is 3.21. The van der Waals surface area contributed by atoms with Gasteiger partial charge in [-0.3, -0.25) is 4.79 Å². The Morgan fingerprint density at radius 3 is 2.54 bits per heavy atom. The van der Waals surface area contributed by atoms with Crippen molar-refractivity contribution in [3.8, 4) is 5.75 Å². The van der Waals surface area contributed by atoms with E-state index in [0.717, 1.165) is 16.9 Å². The van der Waals surface area contributed by atoms with Crippen LogP contribution in [0, 0.1) is 0 Å². The van der Waals surface area contributed by atoms with E-state index in [1.807, 2.05) is 80.6 Å². The number of hydrogen-bond acceptors (Lipinski definition) is 3. The number of carbonyl (C=O) groups is 1. The average molecular weight is 373 g/mol. The fraction of sp³-hybridized carbons (Fsp3) is 0.208. The quantitative estimate of drug-likeness (QED) is 0.637. The average Bonchev–Trinajstić information content (AvgIpc) is 3.19. The van der Waals surface area contributed by atoms with E-state index in [1.165, 1.54) is 0 Å². The van der Waals surface area contributed by atoms with Crippen LogP contribution in [0.25, 0.3) is 11.6 Å². The molecule has 4 heteroatoms. The molecule has 2 heterocycles. The molecule has 1 aromatic heterocycles. The van der Waals surface area contributed by atoms with Gasteiger partial charge in [-0.25, -0.2) is 0 Å². The molecule has 1 N–H and O–H groups in total. The number of amides is 1. The fourth-order valence-corrected chi connectivity index (χ4v) is 3.58. The van der Waals surface area contributed by atoms with E-state index in [1.54, 1.807) is 12.3 Å². The monoisotopic (exact) mass is 373 g/mol. The van der Waals surface area contributed by atoms with Gasteiger partial charge in [-0.15, -0.1) is 0 Å². The molecule has 4 rings (SSSR count). The van der Waals surface area contributed by atoms with Gasteiger partial charge in [0, 0.05) is 12.0 Å². The molecule has 0 fully saturated rings. The third-order valence-electron chi connectivity index (χ3n) is 4.84. The number of furan rings is 1. The van der Waals surface area contributed by atoms with E-state index in [9.17, 15) is 4.79 Å². The first-order valence-electron chi connectivity index (χ1n) is 9.41. The van der Waals surface area contributed by atoms with Gasteiger partial charge in [-0.2, -0.15) is 0 Å². The van der Waals surface area contributed by atoms with Crippen molar-refractivity contribution in [3.05, 3.63) is 89.9 Å². The molecule has 1 aliphatic rings. The number of nitrogens with one attached hydrogen (secondary N) is 1. The molecule has 0 aliphatic carbocycles. The highest BCUT2D eigenvalue weighted by Gasteiger charge is 2.34. The van der Waals surface area contributed by atoms with Crippen LogP contribution in [0.4, 0.5) is 0 Å². The van der Waals surface area contributed by atoms with Gasteiger partial charge in [0.25, 0.3) is 5.91 Å². The second-order valence-electron chi connectivity index (χ2n) is 7.57. The fourth-order valence-electron chi connectivity index (χ4n) is 3.58. The lowest BCUT2D eigenvalue weighted by Gasteiger charge is -2.38. The molecule has 2 aromatic carbocycles. The first-order valence-corrected chi connectivity index (χ1v) is 9.41. The highest BCUT2D eigenvalue weighted by atomic mass is 16.5. The molecule has 0 bridgehead atoms. The van der Waals surface area contributed by atoms with Gasteiger partial charge in [0.2, 0.25) is 0 Å². The topological polar surface area (TPSA) is 51.5 Å². The summed E-state index contributed by atoms with van der Waals surface area (Å²) in [4.78, 5) is 13.3. The first-order chi connectivity index (χ1) is 13.5. The van der Waals surface area contributed by atoms with Gasteiger partial charge in [-0.1, -0.05) is 48.5 Å². The summed E-state index contributed by atoms with van der Waals surface area (Å²) in [5.74, 6) is 1.32. The van der Waals surface area contributed by atoms with Crippen LogP contribution in [0.3, 0.4) is 0 Å². The summed E-state index contributed by atoms with van der Waals surface area (Å²) >= 11 is 0. The smallest absolute Gasteiger partial charge is 0.252 e. The number of rotatable bonds is 4. The lowest BCUT2D eigenvalue weighted by Crippen LogP contribution is -2.41. The molecule has 0 saturated heterocycles. The standard InChI is InChI=1S/C24H23NO3/c1-24(2)16-21(19-12-6-7-13-22(19)28-24)25-23(26)20(15-18-11-8-14-27-18)17-9-4-3-5-10-17/h3-15,21H,16H2,1-2H3,(H,25,26)/b20-15+/t21-/m1/s1. The van der Waals surface area contributed by atoms with E-state index in [0.29, 0.717) is 17.8 Å². The van der Waals surface area contributed by atoms with Gasteiger partial charge >= 0.3 is 0 Å². The second-order valence-corrected chi connectivity index (χ2v) is 7.57. The lowest BCUT2D eigenvalue weighted by atomic mass is 9.89. The Bertz CT molecular complexity index is 988. The minimum absolute atomic E-state index is 0.129. The van der Waals surface area contributed by atoms with Crippen molar-refractivity contribution in [3.63, 3.8) is 0 Å². The Morgan fingerprint density at radius 2 is 1.79 bits per heavy atom. The van der Waals surface area contributed by atoms with Crippen LogP contribution in [0.5, 0.6) is 5.75 Å². The van der Waals surface area contributed by atoms with Crippen molar-refractivity contribution in [2.45, 2.75) is 31.9 Å². The van der Waals surface area contributed by atoms with E-state index >= 15 is 0 Å². The van der Waals surface area contributed by atoms with Crippen LogP contribution in [0.15, 0.2) is 77.4 Å². The van der Waals surface area contributed by atoms with E-state index in [2.05, 4.69) is 5.32 Å². The van der Waals surface area contributed by atoms with Crippen LogP contribution >= 0.6 is 0 Å². The van der Waals surface area contributed by atoms with Crippen molar-refractivity contribution in [2.75, 3.05) is 0 Å². The normalized spacial score (nSPS) is 18.1. The number of hydrogen-bond donors (Lipinski definition) is 1. The Labute approximate surface area is 164 Å². The molecule has 1 atom stereocenters. The predicted octanol–water partition coefficient (Wildman–Crippen LogP) is 5.24. The largest absolute Gasteiger partial charge is 0.487 e. The van der Waals surface area contributed by atoms with Gasteiger partial charge in [-0.05, 0) is 43.7 Å². The number of carbonyl (C=O) groups excluding carboxylic acids is 1. The predicted molar refractivity (Wildman–Crippen MR) is 110 cm³/mol. The first kappa shape index (κ1) is 18.1. The molecule has 0 saturated carbocycles. The SMILES string of the molecule is CC1(C)C[C@@H](NC(=O)/C(=C/c2ccco2)c2ccccc2)c2ccccc2O1. The summed E-state index contributed by atoms with van der Waals surface area (Å²) in [7, 11) is 0. The van der Waals surface area contributed by atoms with Crippen LogP contribution in [0.1, 0.15) is 43.2 Å². The van der Waals surface area contributed by atoms with Gasteiger partial charge < -0.3 is 14.5 Å². The van der Waals surface area contributed by atoms with Crippen molar-refractivity contribution in [2.24, 2.45) is 0 Å². The lowest BCUT2D eigenvalue weighted by molar-refractivity contribution is -0.116. The van der Waals surface area contributed by atoms with Crippen LogP contribution in [-0.2, 0) is 4.79 Å². The van der Waals surface area contributed by atoms with Gasteiger partial charge in [0.15, 0.2) is 0 Å². The second kappa shape index (κ2) is 7.39. The van der Waals surface area contributed by atoms with E-state index in [-0.39, 0.29) is 17.6 Å². The molecule has 142 valence electrons. The minimum atomic E-state index is -0.357. The van der Waals surface area contributed by atoms with Gasteiger partial charge in [0.1, 0.15) is 17.1 Å². The summed E-state index contributed by atoms with van der Waals surface area (Å²) in [5.41, 5.74) is 2.05. The molecule has 3 aromatic rings. The maximum absolute atomic E-state index is 13.3. The van der Waals surface area contributed by atoms with Crippen LogP contribution < -0.4 is 10.1 Å². The number of benzene rings is 2. The van der Waals surface area contributed by atoms with Crippen molar-refractivity contribution in [1.29, 1.82) is 0 Å². The zero-order chi connectivity index (χ0) is 19.6. The highest BCUT2D eigenvalue weighted by Crippen LogP contribution is 2.39. The summed E-state index contributed by atoms with van der Waals surface area (Å²) in [6, 6.07) is 21.0. The maximum Gasteiger partial charge on any atom is 0.252 e. The zero-order valence-electron chi connectivity index (χ0n) is 16.0. The molecule has 28 heavy (non-hydrogen) atoms. The van der Waals surface area contributed by atoms with E-state index < -0.39 is 0 Å². The molecule has 1 aliphatic heterocycles. The maximum atomic E-state index is 13.3. The van der Waals surface area contributed by atoms with Crippen molar-refractivity contribution in [1.82, 2.24) is 5.32 Å². The molecular weight excluding hydrogens is 350 g/mol. The third kappa shape index (κ3) is 3.86. The Morgan fingerprint density at radius 1 is 1.04 bits per heavy atom. The van der Waals surface area contributed by atoms with Crippen molar-refractivity contribution < 1.29 is 13.9 Å². The Hall–Kier alpha value is -3.27. The summed E-state index contributed by atoms with van der Waals surface area (Å²) < 4.78 is 11.5. The van der Waals surface area contributed by atoms with Gasteiger partial charge in [0.05, 0.1) is 17.9 Å².